The Kier molecular flexibility index (Phi) is 7.99. The average molecular weight is 454 g/mol. The van der Waals surface area contributed by atoms with Crippen LogP contribution in [0.1, 0.15) is 18.9 Å². The molecule has 0 unspecified atom stereocenters. The molecule has 8 heteroatoms. The van der Waals surface area contributed by atoms with Crippen molar-refractivity contribution >= 4 is 21.4 Å². The summed E-state index contributed by atoms with van der Waals surface area (Å²) in [6.07, 6.45) is -0.184. The van der Waals surface area contributed by atoms with E-state index in [2.05, 4.69) is 0 Å². The third-order valence-corrected chi connectivity index (χ3v) is 7.05. The van der Waals surface area contributed by atoms with Crippen LogP contribution in [0.5, 0.6) is 11.5 Å². The Morgan fingerprint density at radius 1 is 1.10 bits per heavy atom. The number of sulfone groups is 1. The summed E-state index contributed by atoms with van der Waals surface area (Å²) in [4.78, 5) is 2.04. The van der Waals surface area contributed by atoms with Crippen molar-refractivity contribution in [3.05, 3.63) is 59.1 Å². The topological polar surface area (TPSA) is 76.1 Å². The highest BCUT2D eigenvalue weighted by Crippen LogP contribution is 2.22. The van der Waals surface area contributed by atoms with Gasteiger partial charge in [-0.15, -0.1) is 0 Å². The molecule has 3 rings (SSSR count). The molecule has 30 heavy (non-hydrogen) atoms. The van der Waals surface area contributed by atoms with Gasteiger partial charge in [0.15, 0.2) is 9.84 Å². The lowest BCUT2D eigenvalue weighted by atomic mass is 10.1. The van der Waals surface area contributed by atoms with Gasteiger partial charge < -0.3 is 14.6 Å². The number of nitrogens with zero attached hydrogens (tertiary/aromatic N) is 1. The summed E-state index contributed by atoms with van der Waals surface area (Å²) in [5.41, 5.74) is 1.04. The Balaban J connectivity index is 1.63. The van der Waals surface area contributed by atoms with Gasteiger partial charge in [-0.25, -0.2) is 8.42 Å². The fraction of sp³-hybridized carbons (Fsp3) is 0.455. The first kappa shape index (κ1) is 22.9. The summed E-state index contributed by atoms with van der Waals surface area (Å²) in [5.74, 6) is 1.73. The molecular weight excluding hydrogens is 426 g/mol. The van der Waals surface area contributed by atoms with E-state index in [0.717, 1.165) is 11.3 Å². The van der Waals surface area contributed by atoms with Crippen LogP contribution in [0, 0.1) is 0 Å². The van der Waals surface area contributed by atoms with E-state index >= 15 is 0 Å². The summed E-state index contributed by atoms with van der Waals surface area (Å²) in [7, 11) is -3.03. The van der Waals surface area contributed by atoms with Crippen molar-refractivity contribution in [3.63, 3.8) is 0 Å². The van der Waals surface area contributed by atoms with E-state index in [1.165, 1.54) is 0 Å². The van der Waals surface area contributed by atoms with Gasteiger partial charge in [0.1, 0.15) is 24.2 Å². The zero-order valence-electron chi connectivity index (χ0n) is 17.0. The number of halogens is 1. The first-order chi connectivity index (χ1) is 14.3. The van der Waals surface area contributed by atoms with Crippen molar-refractivity contribution in [1.29, 1.82) is 0 Å². The van der Waals surface area contributed by atoms with E-state index in [1.54, 1.807) is 24.3 Å². The summed E-state index contributed by atoms with van der Waals surface area (Å²) in [6, 6.07) is 14.6. The van der Waals surface area contributed by atoms with Crippen molar-refractivity contribution in [2.45, 2.75) is 32.0 Å². The first-order valence-electron chi connectivity index (χ1n) is 10.1. The van der Waals surface area contributed by atoms with Crippen molar-refractivity contribution in [2.24, 2.45) is 0 Å². The Hall–Kier alpha value is -1.80. The van der Waals surface area contributed by atoms with Gasteiger partial charge in [0.25, 0.3) is 0 Å². The molecule has 1 N–H and O–H groups in total. The van der Waals surface area contributed by atoms with Crippen LogP contribution in [-0.2, 0) is 16.4 Å². The zero-order chi connectivity index (χ0) is 21.6. The lowest BCUT2D eigenvalue weighted by Gasteiger charge is -2.30. The summed E-state index contributed by atoms with van der Waals surface area (Å²) in [6.45, 7) is 3.52. The van der Waals surface area contributed by atoms with E-state index < -0.39 is 15.9 Å². The predicted octanol–water partition coefficient (Wildman–Crippen LogP) is 3.17. The van der Waals surface area contributed by atoms with Gasteiger partial charge in [0.05, 0.1) is 18.1 Å². The van der Waals surface area contributed by atoms with E-state index in [1.807, 2.05) is 36.1 Å². The summed E-state index contributed by atoms with van der Waals surface area (Å²) in [5, 5.41) is 11.2. The standard InChI is InChI=1S/C22H28ClNO5S/c1-2-28-21-7-3-17(4-8-21)13-24(19-11-12-30(26,27)16-19)14-20(25)15-29-22-9-5-18(23)6-10-22/h3-10,19-20,25H,2,11-16H2,1H3/t19-,20+/m1/s1. The summed E-state index contributed by atoms with van der Waals surface area (Å²) >= 11 is 5.87. The highest BCUT2D eigenvalue weighted by Gasteiger charge is 2.33. The molecule has 0 saturated carbocycles. The summed E-state index contributed by atoms with van der Waals surface area (Å²) < 4.78 is 35.1. The molecule has 0 aliphatic carbocycles. The Morgan fingerprint density at radius 2 is 1.73 bits per heavy atom. The van der Waals surface area contributed by atoms with Crippen molar-refractivity contribution in [3.8, 4) is 11.5 Å². The molecule has 164 valence electrons. The number of rotatable bonds is 10. The van der Waals surface area contributed by atoms with E-state index in [-0.39, 0.29) is 24.2 Å². The molecule has 6 nitrogen and oxygen atoms in total. The number of hydrogen-bond donors (Lipinski definition) is 1. The maximum Gasteiger partial charge on any atom is 0.151 e. The normalized spacial score (nSPS) is 19.0. The number of aliphatic hydroxyl groups excluding tert-OH is 1. The van der Waals surface area contributed by atoms with Gasteiger partial charge in [-0.05, 0) is 55.3 Å². The third-order valence-electron chi connectivity index (χ3n) is 5.05. The van der Waals surface area contributed by atoms with Gasteiger partial charge in [-0.1, -0.05) is 23.7 Å². The van der Waals surface area contributed by atoms with Crippen LogP contribution >= 0.6 is 11.6 Å². The highest BCUT2D eigenvalue weighted by atomic mass is 35.5. The Bertz CT molecular complexity index is 902. The quantitative estimate of drug-likeness (QED) is 0.595. The second-order valence-electron chi connectivity index (χ2n) is 7.48. The maximum atomic E-state index is 12.0. The predicted molar refractivity (Wildman–Crippen MR) is 118 cm³/mol. The van der Waals surface area contributed by atoms with Gasteiger partial charge in [0.2, 0.25) is 0 Å². The van der Waals surface area contributed by atoms with Crippen molar-refractivity contribution in [1.82, 2.24) is 4.90 Å². The number of hydrogen-bond acceptors (Lipinski definition) is 6. The fourth-order valence-corrected chi connectivity index (χ4v) is 5.43. The molecule has 1 fully saturated rings. The Labute approximate surface area is 183 Å². The molecule has 1 saturated heterocycles. The zero-order valence-corrected chi connectivity index (χ0v) is 18.6. The minimum Gasteiger partial charge on any atom is -0.494 e. The molecule has 1 aliphatic heterocycles. The molecule has 0 bridgehead atoms. The largest absolute Gasteiger partial charge is 0.494 e. The molecule has 1 aliphatic rings. The van der Waals surface area contributed by atoms with E-state index in [4.69, 9.17) is 21.1 Å². The number of aliphatic hydroxyl groups is 1. The fourth-order valence-electron chi connectivity index (χ4n) is 3.54. The molecule has 0 aromatic heterocycles. The van der Waals surface area contributed by atoms with Crippen LogP contribution < -0.4 is 9.47 Å². The molecule has 2 atom stereocenters. The first-order valence-corrected chi connectivity index (χ1v) is 12.3. The van der Waals surface area contributed by atoms with Gasteiger partial charge in [0, 0.05) is 24.2 Å². The van der Waals surface area contributed by atoms with Crippen LogP contribution in [0.25, 0.3) is 0 Å². The van der Waals surface area contributed by atoms with Crippen LogP contribution in [0.4, 0.5) is 0 Å². The van der Waals surface area contributed by atoms with Gasteiger partial charge >= 0.3 is 0 Å². The van der Waals surface area contributed by atoms with E-state index in [9.17, 15) is 13.5 Å². The van der Waals surface area contributed by atoms with Gasteiger partial charge in [-0.3, -0.25) is 4.90 Å². The maximum absolute atomic E-state index is 12.0. The molecular formula is C22H28ClNO5S. The highest BCUT2D eigenvalue weighted by molar-refractivity contribution is 7.91. The molecule has 1 heterocycles. The molecule has 2 aromatic carbocycles. The van der Waals surface area contributed by atoms with Crippen molar-refractivity contribution < 1.29 is 23.0 Å². The van der Waals surface area contributed by atoms with Crippen LogP contribution in [0.3, 0.4) is 0 Å². The second-order valence-corrected chi connectivity index (χ2v) is 10.1. The number of ether oxygens (including phenoxy) is 2. The van der Waals surface area contributed by atoms with Crippen molar-refractivity contribution in [2.75, 3.05) is 31.3 Å². The van der Waals surface area contributed by atoms with Crippen LogP contribution in [0.2, 0.25) is 5.02 Å². The van der Waals surface area contributed by atoms with E-state index in [0.29, 0.717) is 36.9 Å². The third kappa shape index (κ3) is 6.87. The lowest BCUT2D eigenvalue weighted by Crippen LogP contribution is -2.42. The molecule has 2 aromatic rings. The second kappa shape index (κ2) is 10.5. The SMILES string of the molecule is CCOc1ccc(CN(C[C@H](O)COc2ccc(Cl)cc2)[C@@H]2CCS(=O)(=O)C2)cc1. The number of benzene rings is 2. The van der Waals surface area contributed by atoms with Crippen LogP contribution in [-0.4, -0.2) is 61.8 Å². The molecule has 0 spiro atoms. The lowest BCUT2D eigenvalue weighted by molar-refractivity contribution is 0.0524. The molecule has 0 amide bonds. The minimum atomic E-state index is -3.03. The average Bonchev–Trinajstić information content (AvgIpc) is 3.08. The smallest absolute Gasteiger partial charge is 0.151 e. The molecule has 0 radical (unpaired) electrons. The Morgan fingerprint density at radius 3 is 2.33 bits per heavy atom. The van der Waals surface area contributed by atoms with Gasteiger partial charge in [-0.2, -0.15) is 0 Å². The monoisotopic (exact) mass is 453 g/mol. The minimum absolute atomic E-state index is 0.112. The van der Waals surface area contributed by atoms with Crippen LogP contribution in [0.15, 0.2) is 48.5 Å².